The number of hydrogen-bond donors (Lipinski definition) is 2. The number of thiophene rings is 1. The third kappa shape index (κ3) is 5.79. The molecule has 27 heavy (non-hydrogen) atoms. The number of rotatable bonds is 5. The van der Waals surface area contributed by atoms with Crippen LogP contribution in [0.3, 0.4) is 0 Å². The molecular weight excluding hydrogens is 382 g/mol. The highest BCUT2D eigenvalue weighted by molar-refractivity contribution is 7.08. The molecule has 2 aromatic rings. The molecular formula is C20H24ClN3O2S. The largest absolute Gasteiger partial charge is 0.346 e. The molecule has 2 amide bonds. The number of amides is 2. The van der Waals surface area contributed by atoms with E-state index < -0.39 is 11.8 Å². The maximum absolute atomic E-state index is 12.3. The number of nitrogens with zero attached hydrogens (tertiary/aromatic N) is 1. The zero-order valence-electron chi connectivity index (χ0n) is 15.1. The van der Waals surface area contributed by atoms with Crippen molar-refractivity contribution < 1.29 is 9.59 Å². The summed E-state index contributed by atoms with van der Waals surface area (Å²) in [5, 5.41) is 10.1. The second-order valence-corrected chi connectivity index (χ2v) is 7.91. The van der Waals surface area contributed by atoms with Crippen LogP contribution < -0.4 is 10.6 Å². The third-order valence-electron chi connectivity index (χ3n) is 4.75. The number of likely N-dealkylation sites (tertiary alicyclic amines) is 1. The second kappa shape index (κ2) is 9.88. The fraction of sp³-hybridized carbons (Fsp3) is 0.400. The normalized spacial score (nSPS) is 16.3. The quantitative estimate of drug-likeness (QED) is 0.737. The van der Waals surface area contributed by atoms with Crippen molar-refractivity contribution in [3.05, 3.63) is 51.7 Å². The Morgan fingerprint density at radius 2 is 1.89 bits per heavy atom. The van der Waals surface area contributed by atoms with Gasteiger partial charge in [-0.25, -0.2) is 0 Å². The number of nitrogens with one attached hydrogen (secondary N) is 2. The molecule has 2 N–H and O–H groups in total. The minimum Gasteiger partial charge on any atom is -0.346 e. The lowest BCUT2D eigenvalue weighted by atomic mass is 10.1. The van der Waals surface area contributed by atoms with Crippen molar-refractivity contribution in [2.45, 2.75) is 31.7 Å². The van der Waals surface area contributed by atoms with E-state index >= 15 is 0 Å². The van der Waals surface area contributed by atoms with E-state index in [2.05, 4.69) is 27.0 Å². The monoisotopic (exact) mass is 405 g/mol. The molecule has 1 atom stereocenters. The molecule has 1 saturated heterocycles. The molecule has 1 unspecified atom stereocenters. The van der Waals surface area contributed by atoms with Crippen LogP contribution in [-0.2, 0) is 9.59 Å². The minimum atomic E-state index is -0.683. The number of carbonyl (C=O) groups is 2. The van der Waals surface area contributed by atoms with Gasteiger partial charge in [0.1, 0.15) is 0 Å². The second-order valence-electron chi connectivity index (χ2n) is 6.70. The zero-order valence-corrected chi connectivity index (χ0v) is 16.7. The lowest BCUT2D eigenvalue weighted by molar-refractivity contribution is -0.136. The Bertz CT molecular complexity index is 758. The van der Waals surface area contributed by atoms with Crippen molar-refractivity contribution in [2.75, 3.05) is 25.0 Å². The maximum atomic E-state index is 12.3. The van der Waals surface area contributed by atoms with Gasteiger partial charge in [0.05, 0.1) is 6.04 Å². The summed E-state index contributed by atoms with van der Waals surface area (Å²) in [6.07, 6.45) is 4.84. The summed E-state index contributed by atoms with van der Waals surface area (Å²) in [4.78, 5) is 26.9. The Hall–Kier alpha value is -1.89. The SMILES string of the molecule is O=C(NCC(c1ccsc1)N1CCCCCC1)C(=O)Nc1cccc(Cl)c1. The van der Waals surface area contributed by atoms with Crippen molar-refractivity contribution in [3.63, 3.8) is 0 Å². The summed E-state index contributed by atoms with van der Waals surface area (Å²) in [6.45, 7) is 2.45. The van der Waals surface area contributed by atoms with Gasteiger partial charge in [-0.05, 0) is 66.5 Å². The van der Waals surface area contributed by atoms with Crippen LogP contribution in [0.4, 0.5) is 5.69 Å². The van der Waals surface area contributed by atoms with Crippen molar-refractivity contribution in [1.29, 1.82) is 0 Å². The molecule has 5 nitrogen and oxygen atoms in total. The molecule has 2 heterocycles. The van der Waals surface area contributed by atoms with E-state index in [1.807, 2.05) is 5.38 Å². The van der Waals surface area contributed by atoms with E-state index in [1.165, 1.54) is 31.2 Å². The molecule has 0 aliphatic carbocycles. The van der Waals surface area contributed by atoms with Gasteiger partial charge >= 0.3 is 11.8 Å². The van der Waals surface area contributed by atoms with E-state index in [4.69, 9.17) is 11.6 Å². The highest BCUT2D eigenvalue weighted by atomic mass is 35.5. The number of benzene rings is 1. The summed E-state index contributed by atoms with van der Waals surface area (Å²) in [5.74, 6) is -1.32. The van der Waals surface area contributed by atoms with Gasteiger partial charge in [0, 0.05) is 17.3 Å². The molecule has 1 aliphatic heterocycles. The molecule has 7 heteroatoms. The van der Waals surface area contributed by atoms with Gasteiger partial charge in [-0.15, -0.1) is 0 Å². The minimum absolute atomic E-state index is 0.0947. The Labute approximate surface area is 168 Å². The number of hydrogen-bond acceptors (Lipinski definition) is 4. The summed E-state index contributed by atoms with van der Waals surface area (Å²) in [6, 6.07) is 8.93. The molecule has 1 aromatic carbocycles. The Morgan fingerprint density at radius 3 is 2.56 bits per heavy atom. The predicted octanol–water partition coefficient (Wildman–Crippen LogP) is 4.07. The molecule has 3 rings (SSSR count). The molecule has 0 radical (unpaired) electrons. The van der Waals surface area contributed by atoms with E-state index in [1.54, 1.807) is 35.6 Å². The topological polar surface area (TPSA) is 61.4 Å². The number of anilines is 1. The van der Waals surface area contributed by atoms with Gasteiger partial charge < -0.3 is 10.6 Å². The van der Waals surface area contributed by atoms with Crippen LogP contribution in [0.15, 0.2) is 41.1 Å². The highest BCUT2D eigenvalue weighted by Crippen LogP contribution is 2.25. The van der Waals surface area contributed by atoms with Crippen LogP contribution in [0.5, 0.6) is 0 Å². The maximum Gasteiger partial charge on any atom is 0.313 e. The van der Waals surface area contributed by atoms with Gasteiger partial charge in [0.2, 0.25) is 0 Å². The smallest absolute Gasteiger partial charge is 0.313 e. The van der Waals surface area contributed by atoms with Crippen molar-refractivity contribution in [2.24, 2.45) is 0 Å². The zero-order chi connectivity index (χ0) is 19.1. The van der Waals surface area contributed by atoms with Crippen molar-refractivity contribution in [3.8, 4) is 0 Å². The summed E-state index contributed by atoms with van der Waals surface area (Å²) in [5.41, 5.74) is 1.70. The Kier molecular flexibility index (Phi) is 7.26. The first-order valence-electron chi connectivity index (χ1n) is 9.24. The molecule has 1 fully saturated rings. The number of carbonyl (C=O) groups excluding carboxylic acids is 2. The van der Waals surface area contributed by atoms with E-state index in [0.29, 0.717) is 17.3 Å². The molecule has 1 aromatic heterocycles. The van der Waals surface area contributed by atoms with Crippen LogP contribution >= 0.6 is 22.9 Å². The average molecular weight is 406 g/mol. The van der Waals surface area contributed by atoms with E-state index in [-0.39, 0.29) is 6.04 Å². The van der Waals surface area contributed by atoms with Gasteiger partial charge in [-0.3, -0.25) is 14.5 Å². The molecule has 0 saturated carbocycles. The van der Waals surface area contributed by atoms with Crippen LogP contribution in [0.2, 0.25) is 5.02 Å². The van der Waals surface area contributed by atoms with Gasteiger partial charge in [-0.1, -0.05) is 30.5 Å². The fourth-order valence-electron chi connectivity index (χ4n) is 3.35. The lowest BCUT2D eigenvalue weighted by Gasteiger charge is -2.30. The van der Waals surface area contributed by atoms with Gasteiger partial charge in [-0.2, -0.15) is 11.3 Å². The molecule has 0 bridgehead atoms. The fourth-order valence-corrected chi connectivity index (χ4v) is 4.25. The Morgan fingerprint density at radius 1 is 1.11 bits per heavy atom. The van der Waals surface area contributed by atoms with Crippen molar-refractivity contribution >= 4 is 40.4 Å². The van der Waals surface area contributed by atoms with Crippen molar-refractivity contribution in [1.82, 2.24) is 10.2 Å². The first-order valence-corrected chi connectivity index (χ1v) is 10.6. The lowest BCUT2D eigenvalue weighted by Crippen LogP contribution is -2.42. The van der Waals surface area contributed by atoms with Crippen LogP contribution in [-0.4, -0.2) is 36.3 Å². The molecule has 0 spiro atoms. The summed E-state index contributed by atoms with van der Waals surface area (Å²) in [7, 11) is 0. The summed E-state index contributed by atoms with van der Waals surface area (Å²) >= 11 is 7.56. The standard InChI is InChI=1S/C20H24ClN3O2S/c21-16-6-5-7-17(12-16)23-20(26)19(25)22-13-18(15-8-11-27-14-15)24-9-3-1-2-4-10-24/h5-8,11-12,14,18H,1-4,9-10,13H2,(H,22,25)(H,23,26). The van der Waals surface area contributed by atoms with Gasteiger partial charge in [0.15, 0.2) is 0 Å². The summed E-state index contributed by atoms with van der Waals surface area (Å²) < 4.78 is 0. The van der Waals surface area contributed by atoms with Crippen LogP contribution in [0.1, 0.15) is 37.3 Å². The number of halogens is 1. The third-order valence-corrected chi connectivity index (χ3v) is 5.69. The first kappa shape index (κ1) is 19.9. The highest BCUT2D eigenvalue weighted by Gasteiger charge is 2.24. The first-order chi connectivity index (χ1) is 13.1. The van der Waals surface area contributed by atoms with E-state index in [0.717, 1.165) is 13.1 Å². The predicted molar refractivity (Wildman–Crippen MR) is 110 cm³/mol. The van der Waals surface area contributed by atoms with Gasteiger partial charge in [0.25, 0.3) is 0 Å². The average Bonchev–Trinajstić information content (AvgIpc) is 3.04. The molecule has 1 aliphatic rings. The van der Waals surface area contributed by atoms with Crippen LogP contribution in [0, 0.1) is 0 Å². The Balaban J connectivity index is 1.60. The van der Waals surface area contributed by atoms with E-state index in [9.17, 15) is 9.59 Å². The van der Waals surface area contributed by atoms with Crippen LogP contribution in [0.25, 0.3) is 0 Å². The molecule has 144 valence electrons.